The molecule has 2 N–H and O–H groups in total. The van der Waals surface area contributed by atoms with Crippen LogP contribution in [0.2, 0.25) is 0 Å². The van der Waals surface area contributed by atoms with Crippen LogP contribution in [-0.2, 0) is 0 Å². The van der Waals surface area contributed by atoms with Gasteiger partial charge in [-0.1, -0.05) is 6.07 Å². The van der Waals surface area contributed by atoms with Crippen LogP contribution in [0.25, 0.3) is 5.65 Å². The Morgan fingerprint density at radius 3 is 3.14 bits per heavy atom. The molecule has 1 atom stereocenters. The zero-order chi connectivity index (χ0) is 9.97. The van der Waals surface area contributed by atoms with Crippen LogP contribution in [0.3, 0.4) is 0 Å². The standard InChI is InChI=1S/C9H12N4O/c1-7(6-14)10-9-12-11-8-4-2-3-5-13(8)9/h2-5,7,14H,6H2,1H3,(H,10,12). The van der Waals surface area contributed by atoms with Gasteiger partial charge in [0, 0.05) is 12.2 Å². The van der Waals surface area contributed by atoms with E-state index in [2.05, 4.69) is 15.5 Å². The van der Waals surface area contributed by atoms with Gasteiger partial charge in [-0.25, -0.2) is 0 Å². The lowest BCUT2D eigenvalue weighted by Crippen LogP contribution is -2.20. The molecule has 5 heteroatoms. The van der Waals surface area contributed by atoms with Crippen molar-refractivity contribution in [3.05, 3.63) is 24.4 Å². The Labute approximate surface area is 81.4 Å². The molecule has 5 nitrogen and oxygen atoms in total. The number of aromatic nitrogens is 3. The molecule has 0 aliphatic heterocycles. The molecule has 0 aromatic carbocycles. The van der Waals surface area contributed by atoms with Gasteiger partial charge in [-0.2, -0.15) is 0 Å². The number of rotatable bonds is 3. The zero-order valence-electron chi connectivity index (χ0n) is 7.88. The van der Waals surface area contributed by atoms with Gasteiger partial charge in [0.1, 0.15) is 0 Å². The number of hydrogen-bond acceptors (Lipinski definition) is 4. The van der Waals surface area contributed by atoms with Gasteiger partial charge in [-0.15, -0.1) is 10.2 Å². The van der Waals surface area contributed by atoms with E-state index in [-0.39, 0.29) is 12.6 Å². The lowest BCUT2D eigenvalue weighted by Gasteiger charge is -2.09. The molecule has 2 heterocycles. The number of anilines is 1. The van der Waals surface area contributed by atoms with Gasteiger partial charge in [0.05, 0.1) is 6.61 Å². The van der Waals surface area contributed by atoms with E-state index in [9.17, 15) is 0 Å². The second-order valence-electron chi connectivity index (χ2n) is 3.18. The maximum Gasteiger partial charge on any atom is 0.229 e. The van der Waals surface area contributed by atoms with Crippen molar-refractivity contribution >= 4 is 11.6 Å². The van der Waals surface area contributed by atoms with Crippen molar-refractivity contribution < 1.29 is 5.11 Å². The van der Waals surface area contributed by atoms with E-state index >= 15 is 0 Å². The van der Waals surface area contributed by atoms with Crippen LogP contribution in [0, 0.1) is 0 Å². The molecule has 14 heavy (non-hydrogen) atoms. The van der Waals surface area contributed by atoms with Gasteiger partial charge < -0.3 is 10.4 Å². The monoisotopic (exact) mass is 192 g/mol. The molecule has 2 rings (SSSR count). The van der Waals surface area contributed by atoms with Crippen molar-refractivity contribution in [1.82, 2.24) is 14.6 Å². The van der Waals surface area contributed by atoms with Gasteiger partial charge in [-0.05, 0) is 19.1 Å². The number of pyridine rings is 1. The van der Waals surface area contributed by atoms with E-state index in [4.69, 9.17) is 5.11 Å². The molecule has 0 radical (unpaired) electrons. The van der Waals surface area contributed by atoms with Crippen LogP contribution in [0.1, 0.15) is 6.92 Å². The fourth-order valence-electron chi connectivity index (χ4n) is 1.21. The van der Waals surface area contributed by atoms with Crippen LogP contribution in [-0.4, -0.2) is 32.4 Å². The number of nitrogens with zero attached hydrogens (tertiary/aromatic N) is 3. The smallest absolute Gasteiger partial charge is 0.229 e. The van der Waals surface area contributed by atoms with E-state index in [1.165, 1.54) is 0 Å². The largest absolute Gasteiger partial charge is 0.394 e. The Morgan fingerprint density at radius 1 is 1.50 bits per heavy atom. The fraction of sp³-hybridized carbons (Fsp3) is 0.333. The maximum absolute atomic E-state index is 8.89. The summed E-state index contributed by atoms with van der Waals surface area (Å²) in [5.41, 5.74) is 0.792. The number of nitrogens with one attached hydrogen (secondary N) is 1. The van der Waals surface area contributed by atoms with Crippen molar-refractivity contribution in [3.63, 3.8) is 0 Å². The average molecular weight is 192 g/mol. The highest BCUT2D eigenvalue weighted by atomic mass is 16.3. The molecule has 0 spiro atoms. The Hall–Kier alpha value is -1.62. The highest BCUT2D eigenvalue weighted by molar-refractivity contribution is 5.44. The molecule has 0 aliphatic rings. The predicted octanol–water partition coefficient (Wildman–Crippen LogP) is 0.522. The van der Waals surface area contributed by atoms with Crippen molar-refractivity contribution in [3.8, 4) is 0 Å². The molecular weight excluding hydrogens is 180 g/mol. The Kier molecular flexibility index (Phi) is 2.32. The second kappa shape index (κ2) is 3.63. The summed E-state index contributed by atoms with van der Waals surface area (Å²) >= 11 is 0. The third-order valence-electron chi connectivity index (χ3n) is 1.96. The van der Waals surface area contributed by atoms with Gasteiger partial charge in [0.15, 0.2) is 5.65 Å². The van der Waals surface area contributed by atoms with Crippen molar-refractivity contribution in [2.24, 2.45) is 0 Å². The first-order valence-corrected chi connectivity index (χ1v) is 4.48. The van der Waals surface area contributed by atoms with Crippen LogP contribution < -0.4 is 5.32 Å². The summed E-state index contributed by atoms with van der Waals surface area (Å²) in [4.78, 5) is 0. The number of aliphatic hydroxyl groups is 1. The normalized spacial score (nSPS) is 13.0. The van der Waals surface area contributed by atoms with E-state index in [1.54, 1.807) is 0 Å². The van der Waals surface area contributed by atoms with E-state index in [0.717, 1.165) is 5.65 Å². The molecular formula is C9H12N4O. The van der Waals surface area contributed by atoms with Gasteiger partial charge in [-0.3, -0.25) is 4.40 Å². The van der Waals surface area contributed by atoms with Crippen molar-refractivity contribution in [2.75, 3.05) is 11.9 Å². The van der Waals surface area contributed by atoms with Crippen LogP contribution in [0.4, 0.5) is 5.95 Å². The summed E-state index contributed by atoms with van der Waals surface area (Å²) in [5, 5.41) is 19.9. The maximum atomic E-state index is 8.89. The van der Waals surface area contributed by atoms with E-state index in [1.807, 2.05) is 35.7 Å². The topological polar surface area (TPSA) is 62.5 Å². The van der Waals surface area contributed by atoms with E-state index in [0.29, 0.717) is 5.95 Å². The van der Waals surface area contributed by atoms with Crippen LogP contribution in [0.15, 0.2) is 24.4 Å². The third kappa shape index (κ3) is 1.54. The number of aliphatic hydroxyl groups excluding tert-OH is 1. The van der Waals surface area contributed by atoms with E-state index < -0.39 is 0 Å². The van der Waals surface area contributed by atoms with Gasteiger partial charge in [0.2, 0.25) is 5.95 Å². The molecule has 0 saturated carbocycles. The number of hydrogen-bond donors (Lipinski definition) is 2. The fourth-order valence-corrected chi connectivity index (χ4v) is 1.21. The Morgan fingerprint density at radius 2 is 2.36 bits per heavy atom. The summed E-state index contributed by atoms with van der Waals surface area (Å²) in [7, 11) is 0. The minimum Gasteiger partial charge on any atom is -0.394 e. The highest BCUT2D eigenvalue weighted by Gasteiger charge is 2.06. The number of fused-ring (bicyclic) bond motifs is 1. The molecule has 0 saturated heterocycles. The summed E-state index contributed by atoms with van der Waals surface area (Å²) < 4.78 is 1.84. The SMILES string of the molecule is CC(CO)Nc1nnc2ccccn12. The molecule has 0 fully saturated rings. The Bertz CT molecular complexity index is 425. The quantitative estimate of drug-likeness (QED) is 0.744. The predicted molar refractivity (Wildman–Crippen MR) is 53.2 cm³/mol. The third-order valence-corrected chi connectivity index (χ3v) is 1.96. The molecule has 2 aromatic rings. The summed E-state index contributed by atoms with van der Waals surface area (Å²) in [6, 6.07) is 5.67. The Balaban J connectivity index is 2.33. The highest BCUT2D eigenvalue weighted by Crippen LogP contribution is 2.07. The molecule has 0 aliphatic carbocycles. The minimum atomic E-state index is -0.0254. The zero-order valence-corrected chi connectivity index (χ0v) is 7.88. The average Bonchev–Trinajstić information content (AvgIpc) is 2.62. The summed E-state index contributed by atoms with van der Waals surface area (Å²) in [5.74, 6) is 0.655. The minimum absolute atomic E-state index is 0.0254. The van der Waals surface area contributed by atoms with Gasteiger partial charge in [0.25, 0.3) is 0 Å². The molecule has 0 bridgehead atoms. The first-order chi connectivity index (χ1) is 6.81. The second-order valence-corrected chi connectivity index (χ2v) is 3.18. The summed E-state index contributed by atoms with van der Waals surface area (Å²) in [6.07, 6.45) is 1.88. The first kappa shape index (κ1) is 8.96. The van der Waals surface area contributed by atoms with Gasteiger partial charge >= 0.3 is 0 Å². The molecule has 0 amide bonds. The van der Waals surface area contributed by atoms with Crippen LogP contribution in [0.5, 0.6) is 0 Å². The van der Waals surface area contributed by atoms with Crippen molar-refractivity contribution in [2.45, 2.75) is 13.0 Å². The molecule has 1 unspecified atom stereocenters. The van der Waals surface area contributed by atoms with Crippen molar-refractivity contribution in [1.29, 1.82) is 0 Å². The first-order valence-electron chi connectivity index (χ1n) is 4.48. The lowest BCUT2D eigenvalue weighted by molar-refractivity contribution is 0.281. The molecule has 74 valence electrons. The van der Waals surface area contributed by atoms with Crippen LogP contribution >= 0.6 is 0 Å². The molecule has 2 aromatic heterocycles. The lowest BCUT2D eigenvalue weighted by atomic mass is 10.4. The summed E-state index contributed by atoms with van der Waals surface area (Å²) in [6.45, 7) is 1.95.